The van der Waals surface area contributed by atoms with Crippen LogP contribution in [0.4, 0.5) is 0 Å². The van der Waals surface area contributed by atoms with Gasteiger partial charge in [-0.25, -0.2) is 4.79 Å². The predicted molar refractivity (Wildman–Crippen MR) is 71.7 cm³/mol. The monoisotopic (exact) mass is 254 g/mol. The first-order valence-corrected chi connectivity index (χ1v) is 6.24. The number of carbonyl (C=O) groups is 1. The molecular formula is C16H14O3. The Balaban J connectivity index is 1.99. The number of ether oxygens (including phenoxy) is 1. The number of carboxylic acids is 1. The van der Waals surface area contributed by atoms with Crippen molar-refractivity contribution < 1.29 is 14.6 Å². The number of hydrogen-bond donors (Lipinski definition) is 1. The quantitative estimate of drug-likeness (QED) is 0.893. The first-order chi connectivity index (χ1) is 9.16. The zero-order valence-corrected chi connectivity index (χ0v) is 10.6. The van der Waals surface area contributed by atoms with Gasteiger partial charge in [0.05, 0.1) is 5.56 Å². The van der Waals surface area contributed by atoms with Crippen LogP contribution < -0.4 is 4.74 Å². The Labute approximate surface area is 111 Å². The van der Waals surface area contributed by atoms with E-state index in [2.05, 4.69) is 0 Å². The van der Waals surface area contributed by atoms with Crippen LogP contribution in [0.3, 0.4) is 0 Å². The number of aryl methyl sites for hydroxylation is 1. The molecule has 1 N–H and O–H groups in total. The Morgan fingerprint density at radius 2 is 2.00 bits per heavy atom. The lowest BCUT2D eigenvalue weighted by molar-refractivity contribution is 0.0696. The molecule has 3 nitrogen and oxygen atoms in total. The second kappa shape index (κ2) is 4.43. The van der Waals surface area contributed by atoms with Gasteiger partial charge in [0.25, 0.3) is 0 Å². The molecule has 0 spiro atoms. The Hall–Kier alpha value is -2.29. The van der Waals surface area contributed by atoms with E-state index in [4.69, 9.17) is 4.74 Å². The van der Waals surface area contributed by atoms with Crippen LogP contribution in [0.5, 0.6) is 5.75 Å². The van der Waals surface area contributed by atoms with Gasteiger partial charge < -0.3 is 9.84 Å². The summed E-state index contributed by atoms with van der Waals surface area (Å²) in [7, 11) is 0. The van der Waals surface area contributed by atoms with E-state index in [1.54, 1.807) is 12.1 Å². The average molecular weight is 254 g/mol. The van der Waals surface area contributed by atoms with Gasteiger partial charge in [0.1, 0.15) is 11.9 Å². The third-order valence-electron chi connectivity index (χ3n) is 3.56. The molecule has 1 heterocycles. The molecule has 0 radical (unpaired) electrons. The molecule has 1 aliphatic heterocycles. The molecule has 3 rings (SSSR count). The zero-order chi connectivity index (χ0) is 13.4. The van der Waals surface area contributed by atoms with Gasteiger partial charge in [0.15, 0.2) is 0 Å². The van der Waals surface area contributed by atoms with Crippen LogP contribution in [-0.4, -0.2) is 11.1 Å². The number of aromatic carboxylic acids is 1. The SMILES string of the molecule is Cc1ccccc1C1Cc2c(cccc2C(=O)O)O1. The summed E-state index contributed by atoms with van der Waals surface area (Å²) in [6.07, 6.45) is 0.527. The summed E-state index contributed by atoms with van der Waals surface area (Å²) in [5.74, 6) is -0.209. The maximum absolute atomic E-state index is 11.2. The molecular weight excluding hydrogens is 240 g/mol. The molecule has 0 saturated carbocycles. The molecule has 0 fully saturated rings. The summed E-state index contributed by atoms with van der Waals surface area (Å²) in [6, 6.07) is 13.2. The fourth-order valence-electron chi connectivity index (χ4n) is 2.59. The highest BCUT2D eigenvalue weighted by Gasteiger charge is 2.28. The lowest BCUT2D eigenvalue weighted by Crippen LogP contribution is -2.05. The second-order valence-corrected chi connectivity index (χ2v) is 4.75. The van der Waals surface area contributed by atoms with Crippen molar-refractivity contribution in [2.24, 2.45) is 0 Å². The summed E-state index contributed by atoms with van der Waals surface area (Å²) in [5.41, 5.74) is 3.42. The minimum absolute atomic E-state index is 0.0864. The molecule has 19 heavy (non-hydrogen) atoms. The molecule has 1 unspecified atom stereocenters. The van der Waals surface area contributed by atoms with Crippen molar-refractivity contribution in [3.05, 3.63) is 64.7 Å². The standard InChI is InChI=1S/C16H14O3/c1-10-5-2-3-6-11(10)15-9-13-12(16(17)18)7-4-8-14(13)19-15/h2-8,15H,9H2,1H3,(H,17,18). The van der Waals surface area contributed by atoms with E-state index in [9.17, 15) is 9.90 Å². The maximum atomic E-state index is 11.2. The van der Waals surface area contributed by atoms with Crippen molar-refractivity contribution in [2.75, 3.05) is 0 Å². The average Bonchev–Trinajstić information content (AvgIpc) is 2.82. The van der Waals surface area contributed by atoms with Gasteiger partial charge in [-0.2, -0.15) is 0 Å². The number of benzene rings is 2. The summed E-state index contributed by atoms with van der Waals surface area (Å²) < 4.78 is 5.90. The minimum Gasteiger partial charge on any atom is -0.485 e. The Bertz CT molecular complexity index is 646. The van der Waals surface area contributed by atoms with Gasteiger partial charge in [0.2, 0.25) is 0 Å². The van der Waals surface area contributed by atoms with Gasteiger partial charge in [-0.15, -0.1) is 0 Å². The minimum atomic E-state index is -0.897. The van der Waals surface area contributed by atoms with Crippen LogP contribution in [0.25, 0.3) is 0 Å². The highest BCUT2D eigenvalue weighted by Crippen LogP contribution is 2.39. The van der Waals surface area contributed by atoms with Gasteiger partial charge in [-0.1, -0.05) is 30.3 Å². The fraction of sp³-hybridized carbons (Fsp3) is 0.188. The van der Waals surface area contributed by atoms with Crippen molar-refractivity contribution in [3.8, 4) is 5.75 Å². The highest BCUT2D eigenvalue weighted by atomic mass is 16.5. The lowest BCUT2D eigenvalue weighted by atomic mass is 9.97. The van der Waals surface area contributed by atoms with E-state index in [0.717, 1.165) is 16.7 Å². The molecule has 1 atom stereocenters. The Morgan fingerprint density at radius 3 is 2.74 bits per heavy atom. The fourth-order valence-corrected chi connectivity index (χ4v) is 2.59. The van der Waals surface area contributed by atoms with E-state index >= 15 is 0 Å². The molecule has 3 heteroatoms. The molecule has 96 valence electrons. The van der Waals surface area contributed by atoms with Gasteiger partial charge in [-0.3, -0.25) is 0 Å². The molecule has 2 aromatic rings. The van der Waals surface area contributed by atoms with Crippen LogP contribution in [0, 0.1) is 6.92 Å². The Morgan fingerprint density at radius 1 is 1.21 bits per heavy atom. The van der Waals surface area contributed by atoms with E-state index < -0.39 is 5.97 Å². The van der Waals surface area contributed by atoms with Gasteiger partial charge >= 0.3 is 5.97 Å². The van der Waals surface area contributed by atoms with Crippen molar-refractivity contribution in [2.45, 2.75) is 19.4 Å². The largest absolute Gasteiger partial charge is 0.485 e. The third-order valence-corrected chi connectivity index (χ3v) is 3.56. The highest BCUT2D eigenvalue weighted by molar-refractivity contribution is 5.90. The number of carboxylic acid groups (broad SMARTS) is 1. The van der Waals surface area contributed by atoms with Gasteiger partial charge in [-0.05, 0) is 30.2 Å². The number of rotatable bonds is 2. The number of hydrogen-bond acceptors (Lipinski definition) is 2. The van der Waals surface area contributed by atoms with E-state index in [-0.39, 0.29) is 6.10 Å². The van der Waals surface area contributed by atoms with E-state index in [1.165, 1.54) is 0 Å². The van der Waals surface area contributed by atoms with Crippen molar-refractivity contribution in [1.82, 2.24) is 0 Å². The van der Waals surface area contributed by atoms with Crippen molar-refractivity contribution in [3.63, 3.8) is 0 Å². The smallest absolute Gasteiger partial charge is 0.336 e. The van der Waals surface area contributed by atoms with Crippen LogP contribution in [0.2, 0.25) is 0 Å². The van der Waals surface area contributed by atoms with Crippen molar-refractivity contribution in [1.29, 1.82) is 0 Å². The van der Waals surface area contributed by atoms with Gasteiger partial charge in [0, 0.05) is 12.0 Å². The second-order valence-electron chi connectivity index (χ2n) is 4.75. The molecule has 0 aromatic heterocycles. The summed E-state index contributed by atoms with van der Waals surface area (Å²) in [6.45, 7) is 2.04. The molecule has 0 bridgehead atoms. The first kappa shape index (κ1) is 11.8. The van der Waals surface area contributed by atoms with Crippen LogP contribution in [0.1, 0.15) is 33.2 Å². The third kappa shape index (κ3) is 1.97. The number of fused-ring (bicyclic) bond motifs is 1. The topological polar surface area (TPSA) is 46.5 Å². The lowest BCUT2D eigenvalue weighted by Gasteiger charge is -2.13. The molecule has 0 aliphatic carbocycles. The van der Waals surface area contributed by atoms with Crippen LogP contribution in [0.15, 0.2) is 42.5 Å². The molecule has 2 aromatic carbocycles. The summed E-state index contributed by atoms with van der Waals surface area (Å²) >= 11 is 0. The maximum Gasteiger partial charge on any atom is 0.336 e. The molecule has 1 aliphatic rings. The van der Waals surface area contributed by atoms with Crippen LogP contribution >= 0.6 is 0 Å². The zero-order valence-electron chi connectivity index (χ0n) is 10.6. The van der Waals surface area contributed by atoms with E-state index in [0.29, 0.717) is 17.7 Å². The van der Waals surface area contributed by atoms with E-state index in [1.807, 2.05) is 37.3 Å². The predicted octanol–water partition coefficient (Wildman–Crippen LogP) is 3.37. The molecule has 0 amide bonds. The van der Waals surface area contributed by atoms with Crippen LogP contribution in [-0.2, 0) is 6.42 Å². The summed E-state index contributed by atoms with van der Waals surface area (Å²) in [5, 5.41) is 9.20. The first-order valence-electron chi connectivity index (χ1n) is 6.24. The van der Waals surface area contributed by atoms with Crippen molar-refractivity contribution >= 4 is 5.97 Å². The Kier molecular flexibility index (Phi) is 2.75. The normalized spacial score (nSPS) is 16.8. The summed E-state index contributed by atoms with van der Waals surface area (Å²) in [4.78, 5) is 11.2. The molecule has 0 saturated heterocycles.